The third-order valence-corrected chi connectivity index (χ3v) is 4.11. The maximum absolute atomic E-state index is 13.0. The summed E-state index contributed by atoms with van der Waals surface area (Å²) in [7, 11) is 1.62. The summed E-state index contributed by atoms with van der Waals surface area (Å²) >= 11 is 0. The number of aromatic nitrogens is 3. The van der Waals surface area contributed by atoms with E-state index in [0.717, 1.165) is 5.56 Å². The molecule has 1 unspecified atom stereocenters. The molecule has 1 aromatic carbocycles. The van der Waals surface area contributed by atoms with Crippen molar-refractivity contribution in [2.24, 2.45) is 5.92 Å². The fourth-order valence-electron chi connectivity index (χ4n) is 2.78. The summed E-state index contributed by atoms with van der Waals surface area (Å²) in [6.07, 6.45) is 2.03. The number of anilines is 1. The van der Waals surface area contributed by atoms with E-state index < -0.39 is 0 Å². The highest BCUT2D eigenvalue weighted by molar-refractivity contribution is 5.78. The SMILES string of the molecule is COCCN1CC(CNc2nncc(-c3ccc(F)cc3)n2)CC1=O. The molecule has 1 amide bonds. The monoisotopic (exact) mass is 345 g/mol. The minimum atomic E-state index is -0.298. The molecule has 1 saturated heterocycles. The van der Waals surface area contributed by atoms with E-state index in [9.17, 15) is 9.18 Å². The second-order valence-corrected chi connectivity index (χ2v) is 5.96. The summed E-state index contributed by atoms with van der Waals surface area (Å²) in [6, 6.07) is 6.05. The third kappa shape index (κ3) is 4.48. The van der Waals surface area contributed by atoms with Gasteiger partial charge in [0.1, 0.15) is 5.82 Å². The molecular weight excluding hydrogens is 325 g/mol. The number of amides is 1. The number of carbonyl (C=O) groups is 1. The Bertz CT molecular complexity index is 725. The summed E-state index contributed by atoms with van der Waals surface area (Å²) in [6.45, 7) is 2.44. The molecule has 25 heavy (non-hydrogen) atoms. The molecule has 1 aliphatic heterocycles. The van der Waals surface area contributed by atoms with E-state index in [2.05, 4.69) is 20.5 Å². The van der Waals surface area contributed by atoms with Crippen molar-refractivity contribution in [3.63, 3.8) is 0 Å². The fourth-order valence-corrected chi connectivity index (χ4v) is 2.78. The molecule has 1 fully saturated rings. The van der Waals surface area contributed by atoms with Crippen LogP contribution >= 0.6 is 0 Å². The van der Waals surface area contributed by atoms with Crippen LogP contribution in [0.3, 0.4) is 0 Å². The van der Waals surface area contributed by atoms with Gasteiger partial charge in [-0.1, -0.05) is 0 Å². The van der Waals surface area contributed by atoms with Gasteiger partial charge in [0.2, 0.25) is 11.9 Å². The summed E-state index contributed by atoms with van der Waals surface area (Å²) in [4.78, 5) is 18.1. The highest BCUT2D eigenvalue weighted by Crippen LogP contribution is 2.19. The third-order valence-electron chi connectivity index (χ3n) is 4.11. The second kappa shape index (κ2) is 7.98. The first-order valence-electron chi connectivity index (χ1n) is 8.12. The Labute approximate surface area is 145 Å². The Morgan fingerprint density at radius 3 is 2.92 bits per heavy atom. The van der Waals surface area contributed by atoms with Crippen molar-refractivity contribution in [1.29, 1.82) is 0 Å². The molecule has 0 radical (unpaired) electrons. The molecule has 3 rings (SSSR count). The van der Waals surface area contributed by atoms with Gasteiger partial charge in [0.15, 0.2) is 0 Å². The highest BCUT2D eigenvalue weighted by Gasteiger charge is 2.29. The molecule has 8 heteroatoms. The van der Waals surface area contributed by atoms with Crippen molar-refractivity contribution in [2.75, 3.05) is 38.7 Å². The summed E-state index contributed by atoms with van der Waals surface area (Å²) in [5.74, 6) is 0.433. The average Bonchev–Trinajstić information content (AvgIpc) is 2.99. The van der Waals surface area contributed by atoms with Crippen molar-refractivity contribution in [3.05, 3.63) is 36.3 Å². The zero-order valence-electron chi connectivity index (χ0n) is 14.0. The number of hydrogen-bond donors (Lipinski definition) is 1. The van der Waals surface area contributed by atoms with Crippen LogP contribution in [0, 0.1) is 11.7 Å². The predicted octanol–water partition coefficient (Wildman–Crippen LogP) is 1.58. The molecule has 0 bridgehead atoms. The van der Waals surface area contributed by atoms with Gasteiger partial charge < -0.3 is 15.0 Å². The van der Waals surface area contributed by atoms with Gasteiger partial charge in [-0.3, -0.25) is 4.79 Å². The van der Waals surface area contributed by atoms with Crippen LogP contribution in [0.4, 0.5) is 10.3 Å². The molecule has 7 nitrogen and oxygen atoms in total. The Balaban J connectivity index is 1.58. The number of benzene rings is 1. The topological polar surface area (TPSA) is 80.2 Å². The number of rotatable bonds is 7. The van der Waals surface area contributed by atoms with Crippen LogP contribution in [0.15, 0.2) is 30.5 Å². The molecule has 1 aliphatic rings. The number of ether oxygens (including phenoxy) is 1. The van der Waals surface area contributed by atoms with E-state index in [1.807, 2.05) is 4.90 Å². The molecule has 2 aromatic rings. The Morgan fingerprint density at radius 1 is 1.36 bits per heavy atom. The first-order chi connectivity index (χ1) is 12.2. The smallest absolute Gasteiger partial charge is 0.243 e. The van der Waals surface area contributed by atoms with Crippen LogP contribution < -0.4 is 5.32 Å². The Morgan fingerprint density at radius 2 is 2.16 bits per heavy atom. The molecule has 132 valence electrons. The van der Waals surface area contributed by atoms with Gasteiger partial charge in [-0.25, -0.2) is 9.37 Å². The van der Waals surface area contributed by atoms with Gasteiger partial charge in [0, 0.05) is 44.6 Å². The van der Waals surface area contributed by atoms with E-state index in [1.54, 1.807) is 19.2 Å². The minimum absolute atomic E-state index is 0.142. The predicted molar refractivity (Wildman–Crippen MR) is 90.3 cm³/mol. The Kier molecular flexibility index (Phi) is 5.49. The number of nitrogens with zero attached hydrogens (tertiary/aromatic N) is 4. The average molecular weight is 345 g/mol. The molecule has 1 N–H and O–H groups in total. The van der Waals surface area contributed by atoms with Crippen LogP contribution in [-0.4, -0.2) is 59.3 Å². The largest absolute Gasteiger partial charge is 0.383 e. The normalized spacial score (nSPS) is 17.1. The molecule has 1 aromatic heterocycles. The van der Waals surface area contributed by atoms with Gasteiger partial charge >= 0.3 is 0 Å². The van der Waals surface area contributed by atoms with E-state index >= 15 is 0 Å². The number of methoxy groups -OCH3 is 1. The number of hydrogen-bond acceptors (Lipinski definition) is 6. The van der Waals surface area contributed by atoms with Crippen molar-refractivity contribution < 1.29 is 13.9 Å². The summed E-state index contributed by atoms with van der Waals surface area (Å²) < 4.78 is 18.0. The number of nitrogens with one attached hydrogen (secondary N) is 1. The van der Waals surface area contributed by atoms with E-state index in [-0.39, 0.29) is 17.6 Å². The maximum atomic E-state index is 13.0. The Hall–Kier alpha value is -2.61. The molecule has 2 heterocycles. The van der Waals surface area contributed by atoms with Crippen molar-refractivity contribution in [1.82, 2.24) is 20.1 Å². The lowest BCUT2D eigenvalue weighted by Crippen LogP contribution is -2.29. The summed E-state index contributed by atoms with van der Waals surface area (Å²) in [5.41, 5.74) is 1.38. The second-order valence-electron chi connectivity index (χ2n) is 5.96. The number of halogens is 1. The zero-order chi connectivity index (χ0) is 17.6. The van der Waals surface area contributed by atoms with Crippen molar-refractivity contribution >= 4 is 11.9 Å². The lowest BCUT2D eigenvalue weighted by atomic mass is 10.1. The molecule has 0 saturated carbocycles. The zero-order valence-corrected chi connectivity index (χ0v) is 14.0. The highest BCUT2D eigenvalue weighted by atomic mass is 19.1. The van der Waals surface area contributed by atoms with E-state index in [0.29, 0.717) is 44.3 Å². The lowest BCUT2D eigenvalue weighted by molar-refractivity contribution is -0.128. The standard InChI is InChI=1S/C17H20FN5O2/c1-25-7-6-23-11-12(8-16(23)24)9-19-17-21-15(10-20-22-17)13-2-4-14(18)5-3-13/h2-5,10,12H,6-9,11H2,1H3,(H,19,21,22). The van der Waals surface area contributed by atoms with Crippen molar-refractivity contribution in [2.45, 2.75) is 6.42 Å². The van der Waals surface area contributed by atoms with Crippen molar-refractivity contribution in [3.8, 4) is 11.3 Å². The number of likely N-dealkylation sites (tertiary alicyclic amines) is 1. The first kappa shape index (κ1) is 17.2. The molecule has 0 spiro atoms. The minimum Gasteiger partial charge on any atom is -0.383 e. The first-order valence-corrected chi connectivity index (χ1v) is 8.12. The van der Waals surface area contributed by atoms with E-state index in [1.165, 1.54) is 18.3 Å². The van der Waals surface area contributed by atoms with Crippen LogP contribution in [0.2, 0.25) is 0 Å². The van der Waals surface area contributed by atoms with Gasteiger partial charge in [0.25, 0.3) is 0 Å². The van der Waals surface area contributed by atoms with Crippen LogP contribution in [-0.2, 0) is 9.53 Å². The maximum Gasteiger partial charge on any atom is 0.243 e. The van der Waals surface area contributed by atoms with Gasteiger partial charge in [-0.15, -0.1) is 5.10 Å². The van der Waals surface area contributed by atoms with Gasteiger partial charge in [0.05, 0.1) is 18.5 Å². The van der Waals surface area contributed by atoms with Gasteiger partial charge in [-0.2, -0.15) is 5.10 Å². The van der Waals surface area contributed by atoms with E-state index in [4.69, 9.17) is 4.74 Å². The van der Waals surface area contributed by atoms with Crippen LogP contribution in [0.1, 0.15) is 6.42 Å². The summed E-state index contributed by atoms with van der Waals surface area (Å²) in [5, 5.41) is 11.0. The van der Waals surface area contributed by atoms with Gasteiger partial charge in [-0.05, 0) is 24.3 Å². The quantitative estimate of drug-likeness (QED) is 0.821. The van der Waals surface area contributed by atoms with Crippen LogP contribution in [0.25, 0.3) is 11.3 Å². The fraction of sp³-hybridized carbons (Fsp3) is 0.412. The lowest BCUT2D eigenvalue weighted by Gasteiger charge is -2.16. The number of carbonyl (C=O) groups excluding carboxylic acids is 1. The van der Waals surface area contributed by atoms with Crippen LogP contribution in [0.5, 0.6) is 0 Å². The molecule has 1 atom stereocenters. The molecule has 0 aliphatic carbocycles. The molecular formula is C17H20FN5O2.